The maximum absolute atomic E-state index is 12.2. The van der Waals surface area contributed by atoms with Crippen molar-refractivity contribution in [2.45, 2.75) is 25.9 Å². The van der Waals surface area contributed by atoms with E-state index in [0.717, 1.165) is 32.0 Å². The van der Waals surface area contributed by atoms with Crippen LogP contribution in [-0.4, -0.2) is 71.1 Å². The summed E-state index contributed by atoms with van der Waals surface area (Å²) in [6, 6.07) is 7.08. The first kappa shape index (κ1) is 25.4. The molecule has 1 amide bonds. The van der Waals surface area contributed by atoms with E-state index in [-0.39, 0.29) is 36.0 Å². The smallest absolute Gasteiger partial charge is 0.251 e. The summed E-state index contributed by atoms with van der Waals surface area (Å²) in [5.41, 5.74) is 0.576. The Labute approximate surface area is 190 Å². The molecule has 9 heteroatoms. The maximum atomic E-state index is 12.2. The van der Waals surface area contributed by atoms with Gasteiger partial charge in [-0.15, -0.1) is 24.0 Å². The molecular weight excluding hydrogens is 487 g/mol. The molecule has 1 aliphatic heterocycles. The van der Waals surface area contributed by atoms with Crippen molar-refractivity contribution in [1.82, 2.24) is 16.0 Å². The molecule has 0 bridgehead atoms. The Morgan fingerprint density at radius 1 is 1.28 bits per heavy atom. The Kier molecular flexibility index (Phi) is 13.4. The van der Waals surface area contributed by atoms with Gasteiger partial charge >= 0.3 is 0 Å². The van der Waals surface area contributed by atoms with Crippen LogP contribution in [-0.2, 0) is 9.47 Å². The first-order chi connectivity index (χ1) is 13.7. The largest absolute Gasteiger partial charge is 0.497 e. The lowest BCUT2D eigenvalue weighted by Gasteiger charge is -2.12. The summed E-state index contributed by atoms with van der Waals surface area (Å²) in [7, 11) is 1.58. The van der Waals surface area contributed by atoms with Gasteiger partial charge < -0.3 is 30.2 Å². The molecule has 29 heavy (non-hydrogen) atoms. The summed E-state index contributed by atoms with van der Waals surface area (Å²) in [5.74, 6) is 1.27. The average Bonchev–Trinajstić information content (AvgIpc) is 3.24. The predicted octanol–water partition coefficient (Wildman–Crippen LogP) is 1.79. The zero-order valence-corrected chi connectivity index (χ0v) is 19.6. The van der Waals surface area contributed by atoms with Crippen LogP contribution < -0.4 is 20.7 Å². The number of rotatable bonds is 11. The number of guanidine groups is 1. The third kappa shape index (κ3) is 10.1. The molecule has 1 unspecified atom stereocenters. The molecule has 0 saturated carbocycles. The molecular formula is C20H33IN4O4. The van der Waals surface area contributed by atoms with E-state index < -0.39 is 0 Å². The van der Waals surface area contributed by atoms with Crippen LogP contribution in [0, 0.1) is 0 Å². The molecule has 0 spiro atoms. The van der Waals surface area contributed by atoms with Crippen LogP contribution >= 0.6 is 24.0 Å². The molecule has 164 valence electrons. The lowest BCUT2D eigenvalue weighted by Crippen LogP contribution is -2.41. The summed E-state index contributed by atoms with van der Waals surface area (Å²) in [6.07, 6.45) is 2.08. The van der Waals surface area contributed by atoms with Crippen molar-refractivity contribution in [1.29, 1.82) is 0 Å². The van der Waals surface area contributed by atoms with Crippen LogP contribution in [0.15, 0.2) is 29.3 Å². The number of nitrogens with zero attached hydrogens (tertiary/aromatic N) is 1. The topological polar surface area (TPSA) is 93.2 Å². The van der Waals surface area contributed by atoms with Gasteiger partial charge in [0.25, 0.3) is 5.91 Å². The van der Waals surface area contributed by atoms with E-state index in [1.165, 1.54) is 0 Å². The van der Waals surface area contributed by atoms with Crippen LogP contribution in [0.4, 0.5) is 0 Å². The molecule has 0 aliphatic carbocycles. The predicted molar refractivity (Wildman–Crippen MR) is 125 cm³/mol. The van der Waals surface area contributed by atoms with Gasteiger partial charge in [0.05, 0.1) is 19.8 Å². The van der Waals surface area contributed by atoms with Crippen molar-refractivity contribution in [2.75, 3.05) is 53.1 Å². The highest BCUT2D eigenvalue weighted by atomic mass is 127. The molecule has 2 rings (SSSR count). The van der Waals surface area contributed by atoms with E-state index >= 15 is 0 Å². The van der Waals surface area contributed by atoms with Crippen molar-refractivity contribution < 1.29 is 19.0 Å². The third-order valence-corrected chi connectivity index (χ3v) is 4.19. The highest BCUT2D eigenvalue weighted by Gasteiger charge is 2.15. The zero-order valence-electron chi connectivity index (χ0n) is 17.2. The van der Waals surface area contributed by atoms with Gasteiger partial charge in [-0.1, -0.05) is 6.07 Å². The molecule has 0 aromatic heterocycles. The molecule has 8 nitrogen and oxygen atoms in total. The summed E-state index contributed by atoms with van der Waals surface area (Å²) < 4.78 is 16.2. The Bertz CT molecular complexity index is 624. The van der Waals surface area contributed by atoms with Gasteiger partial charge in [-0.2, -0.15) is 0 Å². The van der Waals surface area contributed by atoms with Crippen molar-refractivity contribution in [2.24, 2.45) is 4.99 Å². The summed E-state index contributed by atoms with van der Waals surface area (Å²) in [4.78, 5) is 16.7. The first-order valence-electron chi connectivity index (χ1n) is 9.86. The number of aliphatic imine (C=N–C) groups is 1. The van der Waals surface area contributed by atoms with E-state index in [1.54, 1.807) is 25.3 Å². The molecule has 1 saturated heterocycles. The SMILES string of the molecule is CCNC(=NCCCOC1CCOC1)NCCNC(=O)c1cccc(OC)c1.I. The fourth-order valence-corrected chi connectivity index (χ4v) is 2.71. The molecule has 1 aliphatic rings. The van der Waals surface area contributed by atoms with Crippen LogP contribution in [0.3, 0.4) is 0 Å². The van der Waals surface area contributed by atoms with Gasteiger partial charge in [-0.25, -0.2) is 0 Å². The minimum atomic E-state index is -0.129. The van der Waals surface area contributed by atoms with Gasteiger partial charge in [0.15, 0.2) is 5.96 Å². The normalized spacial score (nSPS) is 16.1. The van der Waals surface area contributed by atoms with Crippen LogP contribution in [0.2, 0.25) is 0 Å². The van der Waals surface area contributed by atoms with E-state index in [9.17, 15) is 4.79 Å². The Morgan fingerprint density at radius 3 is 2.83 bits per heavy atom. The molecule has 1 atom stereocenters. The van der Waals surface area contributed by atoms with Crippen molar-refractivity contribution >= 4 is 35.8 Å². The van der Waals surface area contributed by atoms with Crippen LogP contribution in [0.1, 0.15) is 30.1 Å². The number of nitrogens with one attached hydrogen (secondary N) is 3. The number of ether oxygens (including phenoxy) is 3. The highest BCUT2D eigenvalue weighted by molar-refractivity contribution is 14.0. The van der Waals surface area contributed by atoms with Gasteiger partial charge in [0.1, 0.15) is 5.75 Å². The molecule has 1 heterocycles. The van der Waals surface area contributed by atoms with Crippen LogP contribution in [0.5, 0.6) is 5.75 Å². The number of hydrogen-bond donors (Lipinski definition) is 3. The number of methoxy groups -OCH3 is 1. The monoisotopic (exact) mass is 520 g/mol. The molecule has 3 N–H and O–H groups in total. The fraction of sp³-hybridized carbons (Fsp3) is 0.600. The Balaban J connectivity index is 0.00000420. The summed E-state index contributed by atoms with van der Waals surface area (Å²) >= 11 is 0. The number of hydrogen-bond acceptors (Lipinski definition) is 5. The van der Waals surface area contributed by atoms with Gasteiger partial charge in [-0.05, 0) is 38.0 Å². The lowest BCUT2D eigenvalue weighted by atomic mass is 10.2. The molecule has 0 radical (unpaired) electrons. The average molecular weight is 520 g/mol. The van der Waals surface area contributed by atoms with Gasteiger partial charge in [-0.3, -0.25) is 9.79 Å². The fourth-order valence-electron chi connectivity index (χ4n) is 2.71. The Morgan fingerprint density at radius 2 is 2.10 bits per heavy atom. The van der Waals surface area contributed by atoms with E-state index in [2.05, 4.69) is 20.9 Å². The number of amides is 1. The summed E-state index contributed by atoms with van der Waals surface area (Å²) in [5, 5.41) is 9.30. The van der Waals surface area contributed by atoms with Crippen molar-refractivity contribution in [3.05, 3.63) is 29.8 Å². The second kappa shape index (κ2) is 15.3. The standard InChI is InChI=1S/C20H32N4O4.HI/c1-3-21-20(23-9-5-12-28-18-8-13-27-15-18)24-11-10-22-19(25)16-6-4-7-17(14-16)26-2;/h4,6-7,14,18H,3,5,8-13,15H2,1-2H3,(H,22,25)(H2,21,23,24);1H. The number of benzene rings is 1. The molecule has 1 aromatic rings. The van der Waals surface area contributed by atoms with E-state index in [4.69, 9.17) is 14.2 Å². The minimum Gasteiger partial charge on any atom is -0.497 e. The second-order valence-electron chi connectivity index (χ2n) is 6.39. The highest BCUT2D eigenvalue weighted by Crippen LogP contribution is 2.12. The van der Waals surface area contributed by atoms with Crippen molar-refractivity contribution in [3.8, 4) is 5.75 Å². The second-order valence-corrected chi connectivity index (χ2v) is 6.39. The van der Waals surface area contributed by atoms with Crippen molar-refractivity contribution in [3.63, 3.8) is 0 Å². The molecule has 1 fully saturated rings. The van der Waals surface area contributed by atoms with Gasteiger partial charge in [0.2, 0.25) is 0 Å². The van der Waals surface area contributed by atoms with Crippen LogP contribution in [0.25, 0.3) is 0 Å². The zero-order chi connectivity index (χ0) is 20.0. The lowest BCUT2D eigenvalue weighted by molar-refractivity contribution is 0.0424. The Hall–Kier alpha value is -1.59. The molecule has 1 aromatic carbocycles. The maximum Gasteiger partial charge on any atom is 0.251 e. The van der Waals surface area contributed by atoms with E-state index in [0.29, 0.717) is 44.2 Å². The number of halogens is 1. The number of carbonyl (C=O) groups excluding carboxylic acids is 1. The summed E-state index contributed by atoms with van der Waals surface area (Å²) in [6.45, 7) is 6.73. The quantitative estimate of drug-likeness (QED) is 0.178. The minimum absolute atomic E-state index is 0. The van der Waals surface area contributed by atoms with E-state index in [1.807, 2.05) is 13.0 Å². The first-order valence-corrected chi connectivity index (χ1v) is 9.86. The third-order valence-electron chi connectivity index (χ3n) is 4.19. The van der Waals surface area contributed by atoms with Gasteiger partial charge in [0, 0.05) is 45.0 Å². The number of carbonyl (C=O) groups is 1.